The van der Waals surface area contributed by atoms with E-state index in [2.05, 4.69) is 30.5 Å². The normalized spacial score (nSPS) is 14.5. The Balaban J connectivity index is 1.33. The van der Waals surface area contributed by atoms with E-state index < -0.39 is 0 Å². The van der Waals surface area contributed by atoms with Crippen LogP contribution in [0.4, 0.5) is 10.9 Å². The van der Waals surface area contributed by atoms with Crippen molar-refractivity contribution < 1.29 is 9.59 Å². The lowest BCUT2D eigenvalue weighted by Gasteiger charge is -2.31. The number of rotatable bonds is 5. The summed E-state index contributed by atoms with van der Waals surface area (Å²) in [6.07, 6.45) is 4.93. The van der Waals surface area contributed by atoms with E-state index in [-0.39, 0.29) is 17.7 Å². The first-order chi connectivity index (χ1) is 14.9. The van der Waals surface area contributed by atoms with Gasteiger partial charge in [-0.05, 0) is 38.0 Å². The molecule has 0 bridgehead atoms. The average Bonchev–Trinajstić information content (AvgIpc) is 3.43. The van der Waals surface area contributed by atoms with Crippen molar-refractivity contribution in [1.29, 1.82) is 0 Å². The van der Waals surface area contributed by atoms with Crippen LogP contribution in [0.25, 0.3) is 5.82 Å². The van der Waals surface area contributed by atoms with Gasteiger partial charge < -0.3 is 15.1 Å². The number of nitrogens with zero attached hydrogens (tertiary/aromatic N) is 7. The predicted molar refractivity (Wildman–Crippen MR) is 118 cm³/mol. The van der Waals surface area contributed by atoms with Crippen LogP contribution in [0, 0.1) is 12.8 Å². The number of carbonyl (C=O) groups is 2. The minimum atomic E-state index is -0.108. The maximum Gasteiger partial charge on any atom is 0.265 e. The molecule has 0 unspecified atom stereocenters. The summed E-state index contributed by atoms with van der Waals surface area (Å²) in [5.74, 6) is 1.18. The molecule has 1 fully saturated rings. The van der Waals surface area contributed by atoms with Gasteiger partial charge in [-0.2, -0.15) is 5.10 Å². The zero-order valence-electron chi connectivity index (χ0n) is 17.6. The van der Waals surface area contributed by atoms with Crippen molar-refractivity contribution in [1.82, 2.24) is 29.9 Å². The number of carbonyl (C=O) groups excluding carboxylic acids is 2. The molecule has 0 radical (unpaired) electrons. The Kier molecular flexibility index (Phi) is 5.94. The monoisotopic (exact) mass is 440 g/mol. The van der Waals surface area contributed by atoms with Gasteiger partial charge in [0.2, 0.25) is 5.91 Å². The summed E-state index contributed by atoms with van der Waals surface area (Å²) in [5.41, 5.74) is 0.631. The van der Waals surface area contributed by atoms with E-state index >= 15 is 0 Å². The van der Waals surface area contributed by atoms with Gasteiger partial charge in [0.1, 0.15) is 4.88 Å². The summed E-state index contributed by atoms with van der Waals surface area (Å²) in [6.45, 7) is 3.21. The van der Waals surface area contributed by atoms with Crippen LogP contribution >= 0.6 is 11.3 Å². The predicted octanol–water partition coefficient (Wildman–Crippen LogP) is 1.98. The molecule has 3 aromatic heterocycles. The van der Waals surface area contributed by atoms with Crippen LogP contribution in [0.2, 0.25) is 0 Å². The fourth-order valence-electron chi connectivity index (χ4n) is 3.44. The number of amides is 2. The quantitative estimate of drug-likeness (QED) is 0.646. The van der Waals surface area contributed by atoms with Crippen molar-refractivity contribution in [3.8, 4) is 5.82 Å². The second kappa shape index (κ2) is 8.80. The fourth-order valence-corrected chi connectivity index (χ4v) is 4.43. The number of nitrogens with one attached hydrogen (secondary N) is 1. The summed E-state index contributed by atoms with van der Waals surface area (Å²) in [7, 11) is 3.39. The summed E-state index contributed by atoms with van der Waals surface area (Å²) in [6, 6.07) is 5.64. The third-order valence-electron chi connectivity index (χ3n) is 5.19. The molecule has 10 nitrogen and oxygen atoms in total. The Hall–Kier alpha value is -3.34. The molecule has 1 N–H and O–H groups in total. The summed E-state index contributed by atoms with van der Waals surface area (Å²) in [4.78, 5) is 33.4. The number of anilines is 2. The lowest BCUT2D eigenvalue weighted by atomic mass is 9.96. The molecule has 4 rings (SSSR count). The molecule has 162 valence electrons. The van der Waals surface area contributed by atoms with Crippen molar-refractivity contribution >= 4 is 34.1 Å². The van der Waals surface area contributed by atoms with E-state index in [4.69, 9.17) is 0 Å². The smallest absolute Gasteiger partial charge is 0.265 e. The number of hydrogen-bond acceptors (Lipinski definition) is 8. The van der Waals surface area contributed by atoms with Gasteiger partial charge in [-0.3, -0.25) is 9.59 Å². The Morgan fingerprint density at radius 1 is 1.16 bits per heavy atom. The molecule has 0 spiro atoms. The first-order valence-corrected chi connectivity index (χ1v) is 10.8. The minimum Gasteiger partial charge on any atom is -0.355 e. The number of aromatic nitrogens is 5. The summed E-state index contributed by atoms with van der Waals surface area (Å²) in [5, 5.41) is 16.0. The van der Waals surface area contributed by atoms with Gasteiger partial charge in [0, 0.05) is 45.5 Å². The minimum absolute atomic E-state index is 0.0580. The zero-order chi connectivity index (χ0) is 22.0. The van der Waals surface area contributed by atoms with E-state index in [0.717, 1.165) is 18.9 Å². The highest BCUT2D eigenvalue weighted by Crippen LogP contribution is 2.26. The molecule has 1 aliphatic heterocycles. The zero-order valence-corrected chi connectivity index (χ0v) is 18.5. The van der Waals surface area contributed by atoms with Crippen molar-refractivity contribution in [3.05, 3.63) is 41.2 Å². The Morgan fingerprint density at radius 3 is 2.48 bits per heavy atom. The van der Waals surface area contributed by atoms with Gasteiger partial charge in [-0.15, -0.1) is 10.2 Å². The molecule has 0 aliphatic carbocycles. The van der Waals surface area contributed by atoms with Crippen LogP contribution in [0.3, 0.4) is 0 Å². The van der Waals surface area contributed by atoms with Crippen molar-refractivity contribution in [2.75, 3.05) is 37.4 Å². The number of thiazole rings is 1. The molecule has 1 aliphatic rings. The van der Waals surface area contributed by atoms with Crippen molar-refractivity contribution in [2.45, 2.75) is 19.8 Å². The Labute approximate surface area is 183 Å². The highest BCUT2D eigenvalue weighted by molar-refractivity contribution is 7.17. The summed E-state index contributed by atoms with van der Waals surface area (Å²) >= 11 is 1.22. The molecule has 0 saturated carbocycles. The number of hydrogen-bond donors (Lipinski definition) is 1. The Morgan fingerprint density at radius 2 is 1.87 bits per heavy atom. The molecular formula is C20H24N8O2S. The number of piperidine rings is 1. The lowest BCUT2D eigenvalue weighted by molar-refractivity contribution is -0.120. The van der Waals surface area contributed by atoms with Crippen LogP contribution < -0.4 is 10.2 Å². The third-order valence-corrected chi connectivity index (χ3v) is 6.25. The van der Waals surface area contributed by atoms with E-state index in [1.807, 2.05) is 24.4 Å². The van der Waals surface area contributed by atoms with Crippen molar-refractivity contribution in [3.63, 3.8) is 0 Å². The van der Waals surface area contributed by atoms with Gasteiger partial charge in [-0.1, -0.05) is 11.3 Å². The van der Waals surface area contributed by atoms with Crippen LogP contribution in [-0.4, -0.2) is 68.9 Å². The summed E-state index contributed by atoms with van der Waals surface area (Å²) < 4.78 is 1.66. The van der Waals surface area contributed by atoms with E-state index in [0.29, 0.717) is 34.4 Å². The van der Waals surface area contributed by atoms with Crippen LogP contribution in [0.5, 0.6) is 0 Å². The number of aryl methyl sites for hydroxylation is 1. The molecule has 0 aromatic carbocycles. The van der Waals surface area contributed by atoms with Gasteiger partial charge in [0.05, 0.1) is 5.69 Å². The average molecular weight is 441 g/mol. The molecule has 31 heavy (non-hydrogen) atoms. The molecule has 4 heterocycles. The fraction of sp³-hybridized carbons (Fsp3) is 0.400. The first-order valence-electron chi connectivity index (χ1n) is 10.0. The van der Waals surface area contributed by atoms with Gasteiger partial charge >= 0.3 is 0 Å². The van der Waals surface area contributed by atoms with E-state index in [1.54, 1.807) is 31.9 Å². The standard InChI is InChI=1S/C20H24N8O2S/c1-13-17(19(30)26(2)3)31-20(22-13)23-18(29)14-7-11-27(12-8-14)15-5-6-16(25-24-15)28-10-4-9-21-28/h4-6,9-10,14H,7-8,11-12H2,1-3H3,(H,22,23,29). The second-order valence-corrected chi connectivity index (χ2v) is 8.58. The maximum absolute atomic E-state index is 12.7. The topological polar surface area (TPSA) is 109 Å². The van der Waals surface area contributed by atoms with Crippen molar-refractivity contribution in [2.24, 2.45) is 5.92 Å². The highest BCUT2D eigenvalue weighted by Gasteiger charge is 2.27. The molecule has 2 amide bonds. The van der Waals surface area contributed by atoms with Gasteiger partial charge in [0.25, 0.3) is 5.91 Å². The SMILES string of the molecule is Cc1nc(NC(=O)C2CCN(c3ccc(-n4cccn4)nn3)CC2)sc1C(=O)N(C)C. The van der Waals surface area contributed by atoms with Gasteiger partial charge in [-0.25, -0.2) is 9.67 Å². The van der Waals surface area contributed by atoms with Gasteiger partial charge in [0.15, 0.2) is 16.8 Å². The lowest BCUT2D eigenvalue weighted by Crippen LogP contribution is -2.38. The molecular weight excluding hydrogens is 416 g/mol. The molecule has 0 atom stereocenters. The largest absolute Gasteiger partial charge is 0.355 e. The van der Waals surface area contributed by atoms with Crippen LogP contribution in [0.1, 0.15) is 28.2 Å². The van der Waals surface area contributed by atoms with E-state index in [1.165, 1.54) is 16.2 Å². The first kappa shape index (κ1) is 20.9. The molecule has 3 aromatic rings. The van der Waals surface area contributed by atoms with E-state index in [9.17, 15) is 9.59 Å². The van der Waals surface area contributed by atoms with Crippen LogP contribution in [0.15, 0.2) is 30.6 Å². The second-order valence-electron chi connectivity index (χ2n) is 7.58. The molecule has 1 saturated heterocycles. The Bertz CT molecular complexity index is 1050. The third kappa shape index (κ3) is 4.55. The molecule has 11 heteroatoms. The highest BCUT2D eigenvalue weighted by atomic mass is 32.1. The maximum atomic E-state index is 12.7. The van der Waals surface area contributed by atoms with Crippen LogP contribution in [-0.2, 0) is 4.79 Å².